The van der Waals surface area contributed by atoms with E-state index in [1.165, 1.54) is 37.8 Å². The molecule has 0 saturated carbocycles. The lowest BCUT2D eigenvalue weighted by atomic mass is 9.87. The van der Waals surface area contributed by atoms with Crippen molar-refractivity contribution in [3.63, 3.8) is 0 Å². The van der Waals surface area contributed by atoms with Crippen molar-refractivity contribution in [1.29, 1.82) is 0 Å². The Bertz CT molecular complexity index is 487. The van der Waals surface area contributed by atoms with E-state index < -0.39 is 0 Å². The lowest BCUT2D eigenvalue weighted by molar-refractivity contribution is 0.209. The maximum Gasteiger partial charge on any atom is 0.0698 e. The molecule has 0 bridgehead atoms. The first-order valence-corrected chi connectivity index (χ1v) is 7.37. The summed E-state index contributed by atoms with van der Waals surface area (Å²) in [6.07, 6.45) is 13.0. The van der Waals surface area contributed by atoms with Gasteiger partial charge in [-0.2, -0.15) is 0 Å². The second kappa shape index (κ2) is 5.70. The average molecular weight is 254 g/mol. The molecule has 1 aromatic heterocycles. The van der Waals surface area contributed by atoms with Crippen LogP contribution in [0.25, 0.3) is 5.57 Å². The van der Waals surface area contributed by atoms with E-state index in [1.54, 1.807) is 5.57 Å². The van der Waals surface area contributed by atoms with Crippen molar-refractivity contribution in [3.05, 3.63) is 47.8 Å². The smallest absolute Gasteiger partial charge is 0.0698 e. The van der Waals surface area contributed by atoms with Crippen LogP contribution in [0.4, 0.5) is 0 Å². The van der Waals surface area contributed by atoms with Gasteiger partial charge in [-0.05, 0) is 57.0 Å². The summed E-state index contributed by atoms with van der Waals surface area (Å²) in [7, 11) is 2.27. The highest BCUT2D eigenvalue weighted by Crippen LogP contribution is 2.31. The van der Waals surface area contributed by atoms with Crippen molar-refractivity contribution < 1.29 is 0 Å². The molecule has 2 heteroatoms. The zero-order valence-corrected chi connectivity index (χ0v) is 11.7. The first-order valence-electron chi connectivity index (χ1n) is 7.37. The van der Waals surface area contributed by atoms with Crippen LogP contribution >= 0.6 is 0 Å². The van der Waals surface area contributed by atoms with Crippen LogP contribution < -0.4 is 0 Å². The van der Waals surface area contributed by atoms with Crippen LogP contribution in [0.2, 0.25) is 0 Å². The summed E-state index contributed by atoms with van der Waals surface area (Å²) in [6.45, 7) is 1.24. The van der Waals surface area contributed by atoms with Crippen LogP contribution in [0, 0.1) is 0 Å². The van der Waals surface area contributed by atoms with E-state index in [9.17, 15) is 0 Å². The monoisotopic (exact) mass is 254 g/mol. The van der Waals surface area contributed by atoms with Gasteiger partial charge in [-0.15, -0.1) is 0 Å². The average Bonchev–Trinajstić information content (AvgIpc) is 2.49. The number of rotatable bonds is 2. The summed E-state index contributed by atoms with van der Waals surface area (Å²) in [6, 6.07) is 6.81. The topological polar surface area (TPSA) is 16.1 Å². The first kappa shape index (κ1) is 12.6. The molecule has 2 heterocycles. The second-order valence-electron chi connectivity index (χ2n) is 5.62. The Morgan fingerprint density at radius 2 is 2.21 bits per heavy atom. The lowest BCUT2D eigenvalue weighted by Gasteiger charge is -2.35. The highest BCUT2D eigenvalue weighted by atomic mass is 15.1. The summed E-state index contributed by atoms with van der Waals surface area (Å²) in [5.41, 5.74) is 4.02. The fraction of sp³-hybridized carbons (Fsp3) is 0.471. The van der Waals surface area contributed by atoms with Crippen LogP contribution in [-0.4, -0.2) is 29.5 Å². The van der Waals surface area contributed by atoms with Crippen molar-refractivity contribution >= 4 is 5.57 Å². The second-order valence-corrected chi connectivity index (χ2v) is 5.62. The van der Waals surface area contributed by atoms with Gasteiger partial charge in [0, 0.05) is 12.2 Å². The van der Waals surface area contributed by atoms with E-state index in [0.717, 1.165) is 12.1 Å². The molecule has 0 radical (unpaired) electrons. The van der Waals surface area contributed by atoms with Gasteiger partial charge < -0.3 is 0 Å². The summed E-state index contributed by atoms with van der Waals surface area (Å²) in [5.74, 6) is 0. The molecule has 1 aromatic rings. The standard InChI is InChI=1S/C17H22N2/c1-19-12-5-3-10-17(19)15-8-6-7-14(13-15)16-9-2-4-11-18-16/h2,4,7,9,11,13,17H,3,5-6,8,10,12H2,1H3/t17-/m0/s1. The Kier molecular flexibility index (Phi) is 3.79. The Morgan fingerprint density at radius 1 is 1.26 bits per heavy atom. The van der Waals surface area contributed by atoms with E-state index in [4.69, 9.17) is 0 Å². The molecule has 1 saturated heterocycles. The van der Waals surface area contributed by atoms with E-state index in [0.29, 0.717) is 6.04 Å². The van der Waals surface area contributed by atoms with Crippen LogP contribution in [0.5, 0.6) is 0 Å². The predicted molar refractivity (Wildman–Crippen MR) is 79.8 cm³/mol. The first-order chi connectivity index (χ1) is 9.34. The number of hydrogen-bond acceptors (Lipinski definition) is 2. The van der Waals surface area contributed by atoms with Gasteiger partial charge in [-0.3, -0.25) is 9.88 Å². The molecule has 0 spiro atoms. The van der Waals surface area contributed by atoms with Crippen molar-refractivity contribution in [3.8, 4) is 0 Å². The van der Waals surface area contributed by atoms with Gasteiger partial charge in [0.05, 0.1) is 5.69 Å². The molecule has 0 unspecified atom stereocenters. The van der Waals surface area contributed by atoms with Gasteiger partial charge >= 0.3 is 0 Å². The minimum atomic E-state index is 0.654. The highest BCUT2D eigenvalue weighted by Gasteiger charge is 2.23. The molecule has 100 valence electrons. The molecule has 1 atom stereocenters. The van der Waals surface area contributed by atoms with Gasteiger partial charge in [0.1, 0.15) is 0 Å². The molecule has 0 aromatic carbocycles. The molecule has 2 nitrogen and oxygen atoms in total. The number of nitrogens with zero attached hydrogens (tertiary/aromatic N) is 2. The van der Waals surface area contributed by atoms with Gasteiger partial charge in [-0.1, -0.05) is 30.2 Å². The molecule has 19 heavy (non-hydrogen) atoms. The molecule has 1 aliphatic heterocycles. The predicted octanol–water partition coefficient (Wildman–Crippen LogP) is 3.67. The third-order valence-corrected chi connectivity index (χ3v) is 4.30. The minimum absolute atomic E-state index is 0.654. The lowest BCUT2D eigenvalue weighted by Crippen LogP contribution is -2.37. The highest BCUT2D eigenvalue weighted by molar-refractivity contribution is 5.73. The number of pyridine rings is 1. The van der Waals surface area contributed by atoms with E-state index >= 15 is 0 Å². The molecule has 0 amide bonds. The third-order valence-electron chi connectivity index (χ3n) is 4.30. The Morgan fingerprint density at radius 3 is 3.00 bits per heavy atom. The summed E-state index contributed by atoms with van der Waals surface area (Å²) < 4.78 is 0. The van der Waals surface area contributed by atoms with Crippen molar-refractivity contribution in [1.82, 2.24) is 9.88 Å². The molecule has 0 N–H and O–H groups in total. The molecular weight excluding hydrogens is 232 g/mol. The van der Waals surface area contributed by atoms with Crippen molar-refractivity contribution in [2.24, 2.45) is 0 Å². The van der Waals surface area contributed by atoms with E-state index in [-0.39, 0.29) is 0 Å². The van der Waals surface area contributed by atoms with E-state index in [2.05, 4.69) is 41.2 Å². The van der Waals surface area contributed by atoms with Gasteiger partial charge in [0.2, 0.25) is 0 Å². The van der Waals surface area contributed by atoms with Crippen LogP contribution in [-0.2, 0) is 0 Å². The summed E-state index contributed by atoms with van der Waals surface area (Å²) in [5, 5.41) is 0. The number of piperidine rings is 1. The van der Waals surface area contributed by atoms with Gasteiger partial charge in [0.25, 0.3) is 0 Å². The zero-order chi connectivity index (χ0) is 13.1. The SMILES string of the molecule is CN1CCCC[C@H]1C1=CC(c2ccccn2)=CCC1. The van der Waals surface area contributed by atoms with Gasteiger partial charge in [0.15, 0.2) is 0 Å². The molecule has 1 fully saturated rings. The molecule has 3 rings (SSSR count). The van der Waals surface area contributed by atoms with Crippen LogP contribution in [0.1, 0.15) is 37.8 Å². The molecular formula is C17H22N2. The maximum atomic E-state index is 4.47. The minimum Gasteiger partial charge on any atom is -0.300 e. The number of allylic oxidation sites excluding steroid dienone is 3. The summed E-state index contributed by atoms with van der Waals surface area (Å²) >= 11 is 0. The number of aromatic nitrogens is 1. The molecule has 2 aliphatic rings. The molecule has 1 aliphatic carbocycles. The fourth-order valence-electron chi connectivity index (χ4n) is 3.24. The summed E-state index contributed by atoms with van der Waals surface area (Å²) in [4.78, 5) is 7.00. The van der Waals surface area contributed by atoms with Crippen LogP contribution in [0.15, 0.2) is 42.1 Å². The zero-order valence-electron chi connectivity index (χ0n) is 11.7. The van der Waals surface area contributed by atoms with Gasteiger partial charge in [-0.25, -0.2) is 0 Å². The number of likely N-dealkylation sites (tertiary alicyclic amines) is 1. The fourth-order valence-corrected chi connectivity index (χ4v) is 3.24. The Balaban J connectivity index is 1.83. The van der Waals surface area contributed by atoms with Crippen LogP contribution in [0.3, 0.4) is 0 Å². The number of likely N-dealkylation sites (N-methyl/N-ethyl adjacent to an activating group) is 1. The van der Waals surface area contributed by atoms with Crippen molar-refractivity contribution in [2.45, 2.75) is 38.1 Å². The third kappa shape index (κ3) is 2.79. The largest absolute Gasteiger partial charge is 0.300 e. The van der Waals surface area contributed by atoms with E-state index in [1.807, 2.05) is 12.3 Å². The Hall–Kier alpha value is -1.41. The van der Waals surface area contributed by atoms with Crippen molar-refractivity contribution in [2.75, 3.05) is 13.6 Å². The normalized spacial score (nSPS) is 24.8. The Labute approximate surface area is 115 Å². The maximum absolute atomic E-state index is 4.47. The number of hydrogen-bond donors (Lipinski definition) is 0. The quantitative estimate of drug-likeness (QED) is 0.800.